The van der Waals surface area contributed by atoms with Gasteiger partial charge in [0.25, 0.3) is 0 Å². The molecular weight excluding hydrogens is 248 g/mol. The fourth-order valence-corrected chi connectivity index (χ4v) is 1.93. The van der Waals surface area contributed by atoms with Gasteiger partial charge in [0.05, 0.1) is 5.60 Å². The van der Waals surface area contributed by atoms with E-state index in [9.17, 15) is 13.9 Å². The molecule has 0 heterocycles. The van der Waals surface area contributed by atoms with Crippen LogP contribution in [0.2, 0.25) is 0 Å². The van der Waals surface area contributed by atoms with Crippen molar-refractivity contribution < 1.29 is 13.9 Å². The van der Waals surface area contributed by atoms with Crippen LogP contribution in [0, 0.1) is 17.6 Å². The molecule has 1 unspecified atom stereocenters. The molecule has 0 aliphatic rings. The highest BCUT2D eigenvalue weighted by atomic mass is 19.2. The Hall–Kier alpha value is -1.00. The van der Waals surface area contributed by atoms with Crippen LogP contribution in [-0.4, -0.2) is 23.8 Å². The Kier molecular flexibility index (Phi) is 5.88. The first-order chi connectivity index (χ1) is 8.82. The Labute approximate surface area is 113 Å². The topological polar surface area (TPSA) is 32.3 Å². The first-order valence-electron chi connectivity index (χ1n) is 6.68. The van der Waals surface area contributed by atoms with Crippen LogP contribution in [0.4, 0.5) is 8.78 Å². The maximum Gasteiger partial charge on any atom is 0.162 e. The van der Waals surface area contributed by atoms with E-state index in [0.29, 0.717) is 18.9 Å². The molecule has 4 heteroatoms. The van der Waals surface area contributed by atoms with Gasteiger partial charge in [0.15, 0.2) is 11.6 Å². The molecule has 0 saturated carbocycles. The van der Waals surface area contributed by atoms with Gasteiger partial charge in [-0.15, -0.1) is 0 Å². The third-order valence-electron chi connectivity index (χ3n) is 3.00. The number of hydrogen-bond donors (Lipinski definition) is 2. The summed E-state index contributed by atoms with van der Waals surface area (Å²) >= 11 is 0. The monoisotopic (exact) mass is 271 g/mol. The standard InChI is InChI=1S/C15H23F2NO/c1-11(2)10-18-8-7-15(3,19)9-12-5-4-6-13(16)14(12)17/h4-6,11,18-19H,7-10H2,1-3H3. The van der Waals surface area contributed by atoms with E-state index >= 15 is 0 Å². The zero-order chi connectivity index (χ0) is 14.5. The Morgan fingerprint density at radius 1 is 1.32 bits per heavy atom. The van der Waals surface area contributed by atoms with Crippen molar-refractivity contribution in [3.8, 4) is 0 Å². The van der Waals surface area contributed by atoms with Gasteiger partial charge in [-0.2, -0.15) is 0 Å². The highest BCUT2D eigenvalue weighted by Crippen LogP contribution is 2.20. The van der Waals surface area contributed by atoms with E-state index in [1.165, 1.54) is 12.1 Å². The molecule has 0 bridgehead atoms. The average molecular weight is 271 g/mol. The molecule has 0 radical (unpaired) electrons. The summed E-state index contributed by atoms with van der Waals surface area (Å²) in [4.78, 5) is 0. The number of aliphatic hydroxyl groups is 1. The predicted molar refractivity (Wildman–Crippen MR) is 73.0 cm³/mol. The van der Waals surface area contributed by atoms with Crippen molar-refractivity contribution in [3.05, 3.63) is 35.4 Å². The number of nitrogens with one attached hydrogen (secondary N) is 1. The smallest absolute Gasteiger partial charge is 0.162 e. The quantitative estimate of drug-likeness (QED) is 0.747. The van der Waals surface area contributed by atoms with Crippen LogP contribution in [-0.2, 0) is 6.42 Å². The second kappa shape index (κ2) is 6.96. The van der Waals surface area contributed by atoms with Crippen molar-refractivity contribution in [2.24, 2.45) is 5.92 Å². The molecule has 0 fully saturated rings. The third-order valence-corrected chi connectivity index (χ3v) is 3.00. The van der Waals surface area contributed by atoms with E-state index in [4.69, 9.17) is 0 Å². The third kappa shape index (κ3) is 5.66. The van der Waals surface area contributed by atoms with E-state index in [1.54, 1.807) is 6.92 Å². The molecule has 1 rings (SSSR count). The predicted octanol–water partition coefficient (Wildman–Crippen LogP) is 2.89. The van der Waals surface area contributed by atoms with Crippen molar-refractivity contribution in [2.75, 3.05) is 13.1 Å². The lowest BCUT2D eigenvalue weighted by Crippen LogP contribution is -2.33. The lowest BCUT2D eigenvalue weighted by Gasteiger charge is -2.24. The Balaban J connectivity index is 2.51. The second-order valence-corrected chi connectivity index (χ2v) is 5.73. The summed E-state index contributed by atoms with van der Waals surface area (Å²) in [5.74, 6) is -1.19. The van der Waals surface area contributed by atoms with Crippen molar-refractivity contribution in [3.63, 3.8) is 0 Å². The van der Waals surface area contributed by atoms with Crippen LogP contribution in [0.3, 0.4) is 0 Å². The van der Waals surface area contributed by atoms with Crippen LogP contribution < -0.4 is 5.32 Å². The van der Waals surface area contributed by atoms with E-state index in [2.05, 4.69) is 19.2 Å². The summed E-state index contributed by atoms with van der Waals surface area (Å²) in [5, 5.41) is 13.4. The van der Waals surface area contributed by atoms with E-state index in [-0.39, 0.29) is 12.0 Å². The van der Waals surface area contributed by atoms with Gasteiger partial charge in [-0.1, -0.05) is 26.0 Å². The Bertz CT molecular complexity index is 405. The molecule has 0 amide bonds. The molecule has 0 aromatic heterocycles. The molecule has 1 atom stereocenters. The highest BCUT2D eigenvalue weighted by Gasteiger charge is 2.23. The van der Waals surface area contributed by atoms with Gasteiger partial charge in [0, 0.05) is 6.42 Å². The van der Waals surface area contributed by atoms with Gasteiger partial charge in [-0.25, -0.2) is 8.78 Å². The van der Waals surface area contributed by atoms with Crippen LogP contribution in [0.15, 0.2) is 18.2 Å². The minimum absolute atomic E-state index is 0.111. The fourth-order valence-electron chi connectivity index (χ4n) is 1.93. The molecule has 2 N–H and O–H groups in total. The second-order valence-electron chi connectivity index (χ2n) is 5.73. The fraction of sp³-hybridized carbons (Fsp3) is 0.600. The number of halogens is 2. The zero-order valence-corrected chi connectivity index (χ0v) is 11.8. The van der Waals surface area contributed by atoms with Crippen molar-refractivity contribution >= 4 is 0 Å². The maximum atomic E-state index is 13.5. The molecule has 0 spiro atoms. The zero-order valence-electron chi connectivity index (χ0n) is 11.8. The molecule has 0 aliphatic heterocycles. The summed E-state index contributed by atoms with van der Waals surface area (Å²) in [6, 6.07) is 4.05. The van der Waals surface area contributed by atoms with E-state index < -0.39 is 17.2 Å². The van der Waals surface area contributed by atoms with E-state index in [0.717, 1.165) is 12.6 Å². The molecule has 19 heavy (non-hydrogen) atoms. The number of hydrogen-bond acceptors (Lipinski definition) is 2. The van der Waals surface area contributed by atoms with Crippen molar-refractivity contribution in [2.45, 2.75) is 39.2 Å². The minimum atomic E-state index is -1.04. The summed E-state index contributed by atoms with van der Waals surface area (Å²) in [6.07, 6.45) is 0.607. The average Bonchev–Trinajstić information content (AvgIpc) is 2.30. The van der Waals surface area contributed by atoms with Gasteiger partial charge < -0.3 is 10.4 Å². The summed E-state index contributed by atoms with van der Waals surface area (Å²) < 4.78 is 26.6. The SMILES string of the molecule is CC(C)CNCCC(C)(O)Cc1cccc(F)c1F. The molecule has 108 valence electrons. The van der Waals surface area contributed by atoms with Crippen LogP contribution in [0.1, 0.15) is 32.8 Å². The van der Waals surface area contributed by atoms with Crippen LogP contribution in [0.25, 0.3) is 0 Å². The summed E-state index contributed by atoms with van der Waals surface area (Å²) in [7, 11) is 0. The minimum Gasteiger partial charge on any atom is -0.390 e. The van der Waals surface area contributed by atoms with Crippen molar-refractivity contribution in [1.29, 1.82) is 0 Å². The van der Waals surface area contributed by atoms with Crippen molar-refractivity contribution in [1.82, 2.24) is 5.32 Å². The molecular formula is C15H23F2NO. The summed E-state index contributed by atoms with van der Waals surface area (Å²) in [5.41, 5.74) is -0.827. The van der Waals surface area contributed by atoms with Gasteiger partial charge in [-0.05, 0) is 44.0 Å². The lowest BCUT2D eigenvalue weighted by atomic mass is 9.93. The first kappa shape index (κ1) is 16.1. The van der Waals surface area contributed by atoms with Gasteiger partial charge in [0.2, 0.25) is 0 Å². The van der Waals surface area contributed by atoms with Gasteiger partial charge in [-0.3, -0.25) is 0 Å². The number of rotatable bonds is 7. The van der Waals surface area contributed by atoms with E-state index in [1.807, 2.05) is 0 Å². The largest absolute Gasteiger partial charge is 0.390 e. The first-order valence-corrected chi connectivity index (χ1v) is 6.68. The van der Waals surface area contributed by atoms with Crippen LogP contribution >= 0.6 is 0 Å². The molecule has 2 nitrogen and oxygen atoms in total. The molecule has 0 aliphatic carbocycles. The molecule has 0 saturated heterocycles. The summed E-state index contributed by atoms with van der Waals surface area (Å²) in [6.45, 7) is 7.39. The molecule has 1 aromatic rings. The maximum absolute atomic E-state index is 13.5. The van der Waals surface area contributed by atoms with Gasteiger partial charge in [0.1, 0.15) is 0 Å². The molecule has 1 aromatic carbocycles. The highest BCUT2D eigenvalue weighted by molar-refractivity contribution is 5.20. The Morgan fingerprint density at radius 2 is 2.00 bits per heavy atom. The Morgan fingerprint density at radius 3 is 2.63 bits per heavy atom. The normalized spacial score (nSPS) is 14.7. The van der Waals surface area contributed by atoms with Crippen LogP contribution in [0.5, 0.6) is 0 Å². The van der Waals surface area contributed by atoms with Gasteiger partial charge >= 0.3 is 0 Å². The number of benzene rings is 1. The lowest BCUT2D eigenvalue weighted by molar-refractivity contribution is 0.0504.